The van der Waals surface area contributed by atoms with Crippen LogP contribution >= 0.6 is 0 Å². The average Bonchev–Trinajstić information content (AvgIpc) is 3.60. The van der Waals surface area contributed by atoms with Crippen molar-refractivity contribution >= 4 is 88.4 Å². The highest BCUT2D eigenvalue weighted by molar-refractivity contribution is 6.30. The summed E-state index contributed by atoms with van der Waals surface area (Å²) in [6, 6.07) is 69.2. The Bertz CT molecular complexity index is 2880. The maximum Gasteiger partial charge on any atom is 0.143 e. The van der Waals surface area contributed by atoms with E-state index in [2.05, 4.69) is 198 Å². The Kier molecular flexibility index (Phi) is 6.81. The summed E-state index contributed by atoms with van der Waals surface area (Å²) >= 11 is 0. The Morgan fingerprint density at radius 1 is 0.294 bits per heavy atom. The molecule has 0 radical (unpaired) electrons. The monoisotopic (exact) mass is 652 g/mol. The smallest absolute Gasteiger partial charge is 0.143 e. The van der Waals surface area contributed by atoms with Gasteiger partial charge >= 0.3 is 0 Å². The summed E-state index contributed by atoms with van der Waals surface area (Å²) in [5.41, 5.74) is 8.33. The van der Waals surface area contributed by atoms with Crippen LogP contribution in [0.5, 0.6) is 0 Å². The Balaban J connectivity index is 1.20. The van der Waals surface area contributed by atoms with Crippen molar-refractivity contribution in [1.29, 1.82) is 0 Å². The summed E-state index contributed by atoms with van der Waals surface area (Å²) in [6.45, 7) is 0. The maximum atomic E-state index is 6.58. The summed E-state index contributed by atoms with van der Waals surface area (Å²) in [5.74, 6) is 0. The molecular formula is C48H32N2O. The SMILES string of the molecule is c1ccc(N(c2cccc(N(c3ccccc3)c3ccc4c5ccccc5c5oc6ccccc6c5c4c3)c2)c2ccc3ccccc3c2)cc1. The molecule has 51 heavy (non-hydrogen) atoms. The maximum absolute atomic E-state index is 6.58. The van der Waals surface area contributed by atoms with Gasteiger partial charge in [0.05, 0.1) is 0 Å². The molecule has 10 rings (SSSR count). The highest BCUT2D eigenvalue weighted by Gasteiger charge is 2.20. The minimum atomic E-state index is 0.901. The van der Waals surface area contributed by atoms with Crippen molar-refractivity contribution in [3.8, 4) is 0 Å². The average molecular weight is 653 g/mol. The molecule has 0 aliphatic heterocycles. The summed E-state index contributed by atoms with van der Waals surface area (Å²) in [6.07, 6.45) is 0. The molecule has 0 spiro atoms. The normalized spacial score (nSPS) is 11.5. The van der Waals surface area contributed by atoms with Gasteiger partial charge in [0.25, 0.3) is 0 Å². The molecule has 3 heteroatoms. The van der Waals surface area contributed by atoms with E-state index in [1.165, 1.54) is 26.9 Å². The third kappa shape index (κ3) is 4.90. The van der Waals surface area contributed by atoms with Crippen molar-refractivity contribution in [1.82, 2.24) is 0 Å². The number of rotatable bonds is 6. The summed E-state index contributed by atoms with van der Waals surface area (Å²) < 4.78 is 6.58. The van der Waals surface area contributed by atoms with Gasteiger partial charge in [0.1, 0.15) is 11.2 Å². The predicted molar refractivity (Wildman–Crippen MR) is 216 cm³/mol. The molecule has 1 aromatic heterocycles. The lowest BCUT2D eigenvalue weighted by molar-refractivity contribution is 0.673. The molecule has 0 unspecified atom stereocenters. The molecule has 10 aromatic rings. The first-order valence-electron chi connectivity index (χ1n) is 17.4. The van der Waals surface area contributed by atoms with Crippen LogP contribution in [0.4, 0.5) is 34.1 Å². The predicted octanol–water partition coefficient (Wildman–Crippen LogP) is 14.0. The Morgan fingerprint density at radius 2 is 0.804 bits per heavy atom. The van der Waals surface area contributed by atoms with Crippen LogP contribution in [0.25, 0.3) is 54.3 Å². The molecule has 0 bridgehead atoms. The zero-order chi connectivity index (χ0) is 33.7. The van der Waals surface area contributed by atoms with Crippen LogP contribution in [0.3, 0.4) is 0 Å². The number of furan rings is 1. The van der Waals surface area contributed by atoms with Gasteiger partial charge in [0, 0.05) is 50.3 Å². The van der Waals surface area contributed by atoms with Crippen molar-refractivity contribution in [2.45, 2.75) is 0 Å². The molecule has 0 N–H and O–H groups in total. The second-order valence-electron chi connectivity index (χ2n) is 13.0. The third-order valence-electron chi connectivity index (χ3n) is 9.95. The lowest BCUT2D eigenvalue weighted by Crippen LogP contribution is -2.13. The van der Waals surface area contributed by atoms with Crippen LogP contribution < -0.4 is 9.80 Å². The second-order valence-corrected chi connectivity index (χ2v) is 13.0. The van der Waals surface area contributed by atoms with Gasteiger partial charge in [-0.25, -0.2) is 0 Å². The first-order chi connectivity index (χ1) is 25.3. The van der Waals surface area contributed by atoms with Gasteiger partial charge in [0.2, 0.25) is 0 Å². The van der Waals surface area contributed by atoms with Crippen LogP contribution in [-0.4, -0.2) is 0 Å². The van der Waals surface area contributed by atoms with Gasteiger partial charge < -0.3 is 14.2 Å². The van der Waals surface area contributed by atoms with Crippen LogP contribution in [0.1, 0.15) is 0 Å². The second kappa shape index (κ2) is 11.9. The van der Waals surface area contributed by atoms with E-state index in [9.17, 15) is 0 Å². The fourth-order valence-electron chi connectivity index (χ4n) is 7.67. The van der Waals surface area contributed by atoms with E-state index < -0.39 is 0 Å². The zero-order valence-electron chi connectivity index (χ0n) is 27.8. The lowest BCUT2D eigenvalue weighted by atomic mass is 9.96. The van der Waals surface area contributed by atoms with Crippen molar-refractivity contribution in [3.05, 3.63) is 194 Å². The van der Waals surface area contributed by atoms with Crippen molar-refractivity contribution in [3.63, 3.8) is 0 Å². The molecule has 0 amide bonds. The number of hydrogen-bond acceptors (Lipinski definition) is 3. The molecule has 0 saturated heterocycles. The quantitative estimate of drug-likeness (QED) is 0.167. The van der Waals surface area contributed by atoms with Gasteiger partial charge in [-0.2, -0.15) is 0 Å². The molecule has 0 saturated carbocycles. The molecule has 0 aliphatic carbocycles. The van der Waals surface area contributed by atoms with E-state index in [1.54, 1.807) is 0 Å². The van der Waals surface area contributed by atoms with E-state index in [1.807, 2.05) is 6.07 Å². The minimum Gasteiger partial charge on any atom is -0.455 e. The highest BCUT2D eigenvalue weighted by atomic mass is 16.3. The van der Waals surface area contributed by atoms with E-state index in [0.29, 0.717) is 0 Å². The molecule has 0 aliphatic rings. The molecule has 3 nitrogen and oxygen atoms in total. The van der Waals surface area contributed by atoms with E-state index in [-0.39, 0.29) is 0 Å². The Labute approximate surface area is 295 Å². The van der Waals surface area contributed by atoms with Crippen molar-refractivity contribution < 1.29 is 4.42 Å². The number of para-hydroxylation sites is 3. The number of benzene rings is 9. The van der Waals surface area contributed by atoms with E-state index in [0.717, 1.165) is 61.4 Å². The van der Waals surface area contributed by atoms with Crippen LogP contribution in [0.2, 0.25) is 0 Å². The van der Waals surface area contributed by atoms with Gasteiger partial charge in [-0.15, -0.1) is 0 Å². The fourth-order valence-corrected chi connectivity index (χ4v) is 7.67. The molecule has 240 valence electrons. The number of anilines is 6. The van der Waals surface area contributed by atoms with Crippen LogP contribution in [0.15, 0.2) is 199 Å². The standard InChI is InChI=1S/C48H32N2O/c1-3-16-35(17-4-1)49(39-27-26-33-14-7-8-15-34(33)30-39)37-20-13-21-38(31-37)50(36-18-5-2-6-19-36)40-28-29-42-41-22-9-10-23-43(41)48-47(45(42)32-40)44-24-11-12-25-46(44)51-48/h1-32H. The topological polar surface area (TPSA) is 19.6 Å². The van der Waals surface area contributed by atoms with Gasteiger partial charge in [-0.05, 0) is 99.7 Å². The molecule has 9 aromatic carbocycles. The Hall–Kier alpha value is -6.84. The minimum absolute atomic E-state index is 0.901. The highest BCUT2D eigenvalue weighted by Crippen LogP contribution is 2.45. The van der Waals surface area contributed by atoms with E-state index in [4.69, 9.17) is 4.42 Å². The summed E-state index contributed by atoms with van der Waals surface area (Å²) in [4.78, 5) is 4.70. The van der Waals surface area contributed by atoms with Gasteiger partial charge in [-0.1, -0.05) is 121 Å². The number of fused-ring (bicyclic) bond motifs is 9. The van der Waals surface area contributed by atoms with Crippen LogP contribution in [-0.2, 0) is 0 Å². The zero-order valence-corrected chi connectivity index (χ0v) is 27.8. The van der Waals surface area contributed by atoms with Crippen molar-refractivity contribution in [2.24, 2.45) is 0 Å². The molecule has 0 atom stereocenters. The van der Waals surface area contributed by atoms with Gasteiger partial charge in [-0.3, -0.25) is 0 Å². The fraction of sp³-hybridized carbons (Fsp3) is 0. The first kappa shape index (κ1) is 29.1. The molecular weight excluding hydrogens is 621 g/mol. The van der Waals surface area contributed by atoms with E-state index >= 15 is 0 Å². The summed E-state index contributed by atoms with van der Waals surface area (Å²) in [5, 5.41) is 9.41. The van der Waals surface area contributed by atoms with Gasteiger partial charge in [0.15, 0.2) is 0 Å². The number of nitrogens with zero attached hydrogens (tertiary/aromatic N) is 2. The largest absolute Gasteiger partial charge is 0.455 e. The third-order valence-corrected chi connectivity index (χ3v) is 9.95. The lowest BCUT2D eigenvalue weighted by Gasteiger charge is -2.29. The van der Waals surface area contributed by atoms with Crippen LogP contribution in [0, 0.1) is 0 Å². The molecule has 0 fully saturated rings. The first-order valence-corrected chi connectivity index (χ1v) is 17.4. The Morgan fingerprint density at radius 3 is 1.53 bits per heavy atom. The molecule has 1 heterocycles. The number of hydrogen-bond donors (Lipinski definition) is 0. The van der Waals surface area contributed by atoms with Crippen molar-refractivity contribution in [2.75, 3.05) is 9.80 Å². The summed E-state index contributed by atoms with van der Waals surface area (Å²) in [7, 11) is 0.